The van der Waals surface area contributed by atoms with E-state index < -0.39 is 0 Å². The lowest BCUT2D eigenvalue weighted by Crippen LogP contribution is -2.13. The standard InChI is InChI=1S/C6H12N4/c1-9(2)6-8-5(7)4-10(6)3/h4H,7H2,1-3H3. The zero-order valence-corrected chi connectivity index (χ0v) is 6.50. The summed E-state index contributed by atoms with van der Waals surface area (Å²) < 4.78 is 1.88. The van der Waals surface area contributed by atoms with E-state index in [1.54, 1.807) is 6.20 Å². The van der Waals surface area contributed by atoms with Gasteiger partial charge in [0.2, 0.25) is 5.95 Å². The van der Waals surface area contributed by atoms with Crippen LogP contribution in [0, 0.1) is 0 Å². The number of rotatable bonds is 1. The summed E-state index contributed by atoms with van der Waals surface area (Å²) in [4.78, 5) is 5.99. The van der Waals surface area contributed by atoms with Crippen LogP contribution < -0.4 is 10.6 Å². The topological polar surface area (TPSA) is 47.1 Å². The highest BCUT2D eigenvalue weighted by Crippen LogP contribution is 2.09. The number of nitrogen functional groups attached to an aromatic ring is 1. The van der Waals surface area contributed by atoms with E-state index >= 15 is 0 Å². The molecule has 0 spiro atoms. The van der Waals surface area contributed by atoms with E-state index in [2.05, 4.69) is 4.98 Å². The van der Waals surface area contributed by atoms with Crippen LogP contribution >= 0.6 is 0 Å². The highest BCUT2D eigenvalue weighted by atomic mass is 15.3. The van der Waals surface area contributed by atoms with Gasteiger partial charge in [0.05, 0.1) is 0 Å². The molecule has 56 valence electrons. The zero-order chi connectivity index (χ0) is 7.72. The van der Waals surface area contributed by atoms with Crippen molar-refractivity contribution in [1.82, 2.24) is 9.55 Å². The number of hydrogen-bond donors (Lipinski definition) is 1. The van der Waals surface area contributed by atoms with Crippen LogP contribution in [0.1, 0.15) is 0 Å². The fraction of sp³-hybridized carbons (Fsp3) is 0.500. The molecule has 0 aliphatic carbocycles. The van der Waals surface area contributed by atoms with Gasteiger partial charge in [0.1, 0.15) is 5.82 Å². The third-order valence-electron chi connectivity index (χ3n) is 1.27. The van der Waals surface area contributed by atoms with Crippen molar-refractivity contribution < 1.29 is 0 Å². The highest BCUT2D eigenvalue weighted by Gasteiger charge is 2.02. The molecule has 1 aromatic rings. The normalized spacial score (nSPS) is 9.90. The first-order valence-electron chi connectivity index (χ1n) is 3.07. The second-order valence-corrected chi connectivity index (χ2v) is 2.47. The first-order valence-corrected chi connectivity index (χ1v) is 3.07. The molecule has 0 unspecified atom stereocenters. The minimum atomic E-state index is 0.561. The molecular formula is C6H12N4. The third kappa shape index (κ3) is 1.05. The maximum Gasteiger partial charge on any atom is 0.206 e. The predicted molar refractivity (Wildman–Crippen MR) is 41.9 cm³/mol. The Labute approximate surface area is 60.3 Å². The molecule has 0 saturated heterocycles. The molecule has 0 aromatic carbocycles. The molecule has 1 heterocycles. The van der Waals surface area contributed by atoms with Gasteiger partial charge in [-0.3, -0.25) is 0 Å². The number of hydrogen-bond acceptors (Lipinski definition) is 3. The summed E-state index contributed by atoms with van der Waals surface area (Å²) in [5.74, 6) is 1.43. The minimum Gasteiger partial charge on any atom is -0.382 e. The van der Waals surface area contributed by atoms with E-state index in [-0.39, 0.29) is 0 Å². The van der Waals surface area contributed by atoms with Crippen LogP contribution in [0.4, 0.5) is 11.8 Å². The van der Waals surface area contributed by atoms with E-state index in [9.17, 15) is 0 Å². The summed E-state index contributed by atoms with van der Waals surface area (Å²) >= 11 is 0. The van der Waals surface area contributed by atoms with Gasteiger partial charge >= 0.3 is 0 Å². The molecule has 1 aromatic heterocycles. The molecule has 0 bridgehead atoms. The lowest BCUT2D eigenvalue weighted by molar-refractivity contribution is 0.867. The van der Waals surface area contributed by atoms with E-state index in [4.69, 9.17) is 5.73 Å². The zero-order valence-electron chi connectivity index (χ0n) is 6.50. The molecular weight excluding hydrogens is 128 g/mol. The Hall–Kier alpha value is -1.19. The van der Waals surface area contributed by atoms with Gasteiger partial charge < -0.3 is 15.2 Å². The summed E-state index contributed by atoms with van der Waals surface area (Å²) in [5.41, 5.74) is 5.46. The molecule has 0 amide bonds. The second-order valence-electron chi connectivity index (χ2n) is 2.47. The van der Waals surface area contributed by atoms with Gasteiger partial charge in [-0.05, 0) is 0 Å². The molecule has 0 fully saturated rings. The van der Waals surface area contributed by atoms with Gasteiger partial charge in [-0.1, -0.05) is 0 Å². The van der Waals surface area contributed by atoms with Crippen LogP contribution in [0.25, 0.3) is 0 Å². The Morgan fingerprint density at radius 1 is 1.60 bits per heavy atom. The van der Waals surface area contributed by atoms with Crippen molar-refractivity contribution in [2.24, 2.45) is 7.05 Å². The van der Waals surface area contributed by atoms with Crippen LogP contribution in [-0.2, 0) is 7.05 Å². The molecule has 0 aliphatic heterocycles. The molecule has 10 heavy (non-hydrogen) atoms. The van der Waals surface area contributed by atoms with Crippen molar-refractivity contribution in [3.05, 3.63) is 6.20 Å². The highest BCUT2D eigenvalue weighted by molar-refractivity contribution is 5.39. The van der Waals surface area contributed by atoms with Crippen molar-refractivity contribution in [1.29, 1.82) is 0 Å². The molecule has 4 heteroatoms. The van der Waals surface area contributed by atoms with E-state index in [0.717, 1.165) is 5.95 Å². The first kappa shape index (κ1) is 6.92. The van der Waals surface area contributed by atoms with Gasteiger partial charge in [0.25, 0.3) is 0 Å². The number of aryl methyl sites for hydroxylation is 1. The number of anilines is 2. The van der Waals surface area contributed by atoms with Gasteiger partial charge in [-0.2, -0.15) is 4.98 Å². The van der Waals surface area contributed by atoms with Crippen LogP contribution in [0.15, 0.2) is 6.20 Å². The summed E-state index contributed by atoms with van der Waals surface area (Å²) in [5, 5.41) is 0. The lowest BCUT2D eigenvalue weighted by Gasteiger charge is -2.09. The predicted octanol–water partition coefficient (Wildman–Crippen LogP) is 0.0683. The van der Waals surface area contributed by atoms with E-state index in [0.29, 0.717) is 5.82 Å². The summed E-state index contributed by atoms with van der Waals surface area (Å²) in [7, 11) is 5.78. The Balaban J connectivity index is 3.03. The first-order chi connectivity index (χ1) is 4.61. The average molecular weight is 140 g/mol. The quantitative estimate of drug-likeness (QED) is 0.600. The van der Waals surface area contributed by atoms with Gasteiger partial charge in [0, 0.05) is 27.3 Å². The van der Waals surface area contributed by atoms with Gasteiger partial charge in [-0.25, -0.2) is 0 Å². The molecule has 0 radical (unpaired) electrons. The second kappa shape index (κ2) is 2.21. The molecule has 0 atom stereocenters. The van der Waals surface area contributed by atoms with E-state index in [1.165, 1.54) is 0 Å². The van der Waals surface area contributed by atoms with Gasteiger partial charge in [0.15, 0.2) is 0 Å². The van der Waals surface area contributed by atoms with Crippen molar-refractivity contribution in [2.45, 2.75) is 0 Å². The van der Waals surface area contributed by atoms with Crippen molar-refractivity contribution in [2.75, 3.05) is 24.7 Å². The number of nitrogens with zero attached hydrogens (tertiary/aromatic N) is 3. The maximum absolute atomic E-state index is 5.46. The van der Waals surface area contributed by atoms with E-state index in [1.807, 2.05) is 30.6 Å². The van der Waals surface area contributed by atoms with Crippen molar-refractivity contribution >= 4 is 11.8 Å². The molecule has 0 saturated carbocycles. The smallest absolute Gasteiger partial charge is 0.206 e. The van der Waals surface area contributed by atoms with Crippen molar-refractivity contribution in [3.63, 3.8) is 0 Å². The Morgan fingerprint density at radius 2 is 2.20 bits per heavy atom. The van der Waals surface area contributed by atoms with Crippen molar-refractivity contribution in [3.8, 4) is 0 Å². The molecule has 2 N–H and O–H groups in total. The van der Waals surface area contributed by atoms with Crippen LogP contribution in [0.5, 0.6) is 0 Å². The fourth-order valence-electron chi connectivity index (χ4n) is 0.895. The molecule has 1 rings (SSSR count). The lowest BCUT2D eigenvalue weighted by atomic mass is 10.8. The van der Waals surface area contributed by atoms with Crippen LogP contribution in [0.3, 0.4) is 0 Å². The number of aromatic nitrogens is 2. The summed E-state index contributed by atoms with van der Waals surface area (Å²) in [6, 6.07) is 0. The summed E-state index contributed by atoms with van der Waals surface area (Å²) in [6.07, 6.45) is 1.79. The SMILES string of the molecule is CN(C)c1nc(N)cn1C. The minimum absolute atomic E-state index is 0.561. The van der Waals surface area contributed by atoms with Crippen LogP contribution in [-0.4, -0.2) is 23.6 Å². The average Bonchev–Trinajstić information content (AvgIpc) is 2.10. The number of imidazole rings is 1. The Kier molecular flexibility index (Phi) is 1.53. The van der Waals surface area contributed by atoms with Crippen LogP contribution in [0.2, 0.25) is 0 Å². The molecule has 0 aliphatic rings. The largest absolute Gasteiger partial charge is 0.382 e. The Bertz CT molecular complexity index is 226. The van der Waals surface area contributed by atoms with Gasteiger partial charge in [-0.15, -0.1) is 0 Å². The number of nitrogens with two attached hydrogens (primary N) is 1. The summed E-state index contributed by atoms with van der Waals surface area (Å²) in [6.45, 7) is 0. The third-order valence-corrected chi connectivity index (χ3v) is 1.27. The maximum atomic E-state index is 5.46. The monoisotopic (exact) mass is 140 g/mol. The molecule has 4 nitrogen and oxygen atoms in total. The fourth-order valence-corrected chi connectivity index (χ4v) is 0.895. The Morgan fingerprint density at radius 3 is 2.40 bits per heavy atom.